The highest BCUT2D eigenvalue weighted by Crippen LogP contribution is 2.24. The van der Waals surface area contributed by atoms with E-state index in [4.69, 9.17) is 0 Å². The van der Waals surface area contributed by atoms with Crippen LogP contribution >= 0.6 is 0 Å². The summed E-state index contributed by atoms with van der Waals surface area (Å²) in [6, 6.07) is 7.36. The first-order chi connectivity index (χ1) is 12.1. The molecule has 0 saturated carbocycles. The third kappa shape index (κ3) is 4.60. The predicted molar refractivity (Wildman–Crippen MR) is 99.6 cm³/mol. The van der Waals surface area contributed by atoms with Crippen molar-refractivity contribution >= 4 is 17.5 Å². The Labute approximate surface area is 150 Å². The summed E-state index contributed by atoms with van der Waals surface area (Å²) in [5.74, 6) is 0.924. The van der Waals surface area contributed by atoms with Crippen molar-refractivity contribution in [2.75, 3.05) is 31.5 Å². The molecule has 2 aliphatic rings. The van der Waals surface area contributed by atoms with Crippen molar-refractivity contribution in [1.82, 2.24) is 10.2 Å². The Bertz CT molecular complexity index is 605. The lowest BCUT2D eigenvalue weighted by molar-refractivity contribution is -0.117. The molecule has 5 heteroatoms. The third-order valence-corrected chi connectivity index (χ3v) is 5.47. The maximum absolute atomic E-state index is 12.7. The number of carbonyl (C=O) groups is 2. The molecule has 0 radical (unpaired) electrons. The maximum Gasteiger partial charge on any atom is 0.255 e. The van der Waals surface area contributed by atoms with Crippen LogP contribution in [0.2, 0.25) is 0 Å². The lowest BCUT2D eigenvalue weighted by Gasteiger charge is -2.28. The van der Waals surface area contributed by atoms with Crippen molar-refractivity contribution < 1.29 is 9.59 Å². The molecular weight excluding hydrogens is 314 g/mol. The molecule has 2 amide bonds. The van der Waals surface area contributed by atoms with E-state index in [0.717, 1.165) is 39.0 Å². The number of para-hydroxylation sites is 1. The van der Waals surface area contributed by atoms with Crippen molar-refractivity contribution in [2.45, 2.75) is 39.0 Å². The highest BCUT2D eigenvalue weighted by molar-refractivity contribution is 6.03. The third-order valence-electron chi connectivity index (χ3n) is 5.47. The van der Waals surface area contributed by atoms with Gasteiger partial charge >= 0.3 is 0 Å². The number of hydrogen-bond donors (Lipinski definition) is 2. The van der Waals surface area contributed by atoms with Gasteiger partial charge in [-0.05, 0) is 62.7 Å². The van der Waals surface area contributed by atoms with Gasteiger partial charge in [0.2, 0.25) is 5.91 Å². The van der Waals surface area contributed by atoms with Crippen LogP contribution in [0.5, 0.6) is 0 Å². The van der Waals surface area contributed by atoms with E-state index < -0.39 is 0 Å². The molecule has 0 spiro atoms. The molecule has 2 atom stereocenters. The van der Waals surface area contributed by atoms with Gasteiger partial charge in [-0.2, -0.15) is 0 Å². The normalized spacial score (nSPS) is 21.8. The van der Waals surface area contributed by atoms with E-state index in [1.165, 1.54) is 12.8 Å². The predicted octanol–water partition coefficient (Wildman–Crippen LogP) is 2.89. The molecule has 0 aliphatic carbocycles. The molecule has 3 rings (SSSR count). The molecule has 2 aliphatic heterocycles. The summed E-state index contributed by atoms with van der Waals surface area (Å²) in [4.78, 5) is 27.1. The van der Waals surface area contributed by atoms with Crippen LogP contribution in [-0.4, -0.2) is 42.9 Å². The van der Waals surface area contributed by atoms with Crippen LogP contribution in [0, 0.1) is 11.8 Å². The number of carbonyl (C=O) groups excluding carboxylic acids is 2. The summed E-state index contributed by atoms with van der Waals surface area (Å²) in [5, 5.41) is 6.39. The van der Waals surface area contributed by atoms with Gasteiger partial charge in [-0.3, -0.25) is 9.59 Å². The number of nitrogens with one attached hydrogen (secondary N) is 2. The van der Waals surface area contributed by atoms with Gasteiger partial charge in [0.1, 0.15) is 0 Å². The minimum absolute atomic E-state index is 0.000236. The largest absolute Gasteiger partial charge is 0.339 e. The fourth-order valence-corrected chi connectivity index (χ4v) is 3.89. The van der Waals surface area contributed by atoms with E-state index in [9.17, 15) is 9.59 Å². The number of anilines is 1. The van der Waals surface area contributed by atoms with Gasteiger partial charge in [0.25, 0.3) is 5.91 Å². The molecule has 2 fully saturated rings. The van der Waals surface area contributed by atoms with Crippen LogP contribution in [0.3, 0.4) is 0 Å². The molecule has 2 saturated heterocycles. The molecule has 2 heterocycles. The van der Waals surface area contributed by atoms with Gasteiger partial charge in [-0.25, -0.2) is 0 Å². The highest BCUT2D eigenvalue weighted by atomic mass is 16.2. The van der Waals surface area contributed by atoms with Gasteiger partial charge in [0.05, 0.1) is 11.3 Å². The Kier molecular flexibility index (Phi) is 6.08. The van der Waals surface area contributed by atoms with E-state index >= 15 is 0 Å². The average molecular weight is 343 g/mol. The van der Waals surface area contributed by atoms with E-state index in [1.54, 1.807) is 0 Å². The second-order valence-electron chi connectivity index (χ2n) is 7.38. The first-order valence-electron chi connectivity index (χ1n) is 9.54. The SMILES string of the molecule is CC(CC(=O)Nc1ccccc1C(=O)N1CCCC1)C1CCCNC1. The van der Waals surface area contributed by atoms with Crippen molar-refractivity contribution in [3.8, 4) is 0 Å². The minimum atomic E-state index is -0.000236. The molecule has 0 aromatic heterocycles. The number of nitrogens with zero attached hydrogens (tertiary/aromatic N) is 1. The second-order valence-corrected chi connectivity index (χ2v) is 7.38. The first kappa shape index (κ1) is 17.9. The average Bonchev–Trinajstić information content (AvgIpc) is 3.17. The van der Waals surface area contributed by atoms with E-state index in [-0.39, 0.29) is 11.8 Å². The van der Waals surface area contributed by atoms with E-state index in [0.29, 0.717) is 29.5 Å². The molecule has 5 nitrogen and oxygen atoms in total. The Morgan fingerprint density at radius 1 is 1.24 bits per heavy atom. The van der Waals surface area contributed by atoms with Crippen LogP contribution in [0.4, 0.5) is 5.69 Å². The molecule has 2 unspecified atom stereocenters. The van der Waals surface area contributed by atoms with Crippen molar-refractivity contribution in [1.29, 1.82) is 0 Å². The van der Waals surface area contributed by atoms with Crippen molar-refractivity contribution in [2.24, 2.45) is 11.8 Å². The maximum atomic E-state index is 12.7. The van der Waals surface area contributed by atoms with Gasteiger partial charge in [-0.15, -0.1) is 0 Å². The zero-order valence-electron chi connectivity index (χ0n) is 15.1. The summed E-state index contributed by atoms with van der Waals surface area (Å²) >= 11 is 0. The Morgan fingerprint density at radius 2 is 2.00 bits per heavy atom. The van der Waals surface area contributed by atoms with Crippen LogP contribution in [0.15, 0.2) is 24.3 Å². The topological polar surface area (TPSA) is 61.4 Å². The quantitative estimate of drug-likeness (QED) is 0.864. The second kappa shape index (κ2) is 8.48. The molecule has 25 heavy (non-hydrogen) atoms. The van der Waals surface area contributed by atoms with Gasteiger partial charge < -0.3 is 15.5 Å². The number of piperidine rings is 1. The van der Waals surface area contributed by atoms with Crippen LogP contribution in [0.1, 0.15) is 49.4 Å². The Hall–Kier alpha value is -1.88. The fraction of sp³-hybridized carbons (Fsp3) is 0.600. The smallest absolute Gasteiger partial charge is 0.255 e. The molecule has 0 bridgehead atoms. The van der Waals surface area contributed by atoms with Crippen LogP contribution in [0.25, 0.3) is 0 Å². The summed E-state index contributed by atoms with van der Waals surface area (Å²) in [7, 11) is 0. The highest BCUT2D eigenvalue weighted by Gasteiger charge is 2.24. The summed E-state index contributed by atoms with van der Waals surface area (Å²) in [5.41, 5.74) is 1.24. The lowest BCUT2D eigenvalue weighted by atomic mass is 9.85. The Morgan fingerprint density at radius 3 is 2.72 bits per heavy atom. The molecule has 1 aromatic carbocycles. The number of hydrogen-bond acceptors (Lipinski definition) is 3. The fourth-order valence-electron chi connectivity index (χ4n) is 3.89. The summed E-state index contributed by atoms with van der Waals surface area (Å²) in [6.07, 6.45) is 4.99. The summed E-state index contributed by atoms with van der Waals surface area (Å²) < 4.78 is 0. The van der Waals surface area contributed by atoms with Gasteiger partial charge in [-0.1, -0.05) is 19.1 Å². The number of likely N-dealkylation sites (tertiary alicyclic amines) is 1. The molecule has 2 N–H and O–H groups in total. The summed E-state index contributed by atoms with van der Waals surface area (Å²) in [6.45, 7) is 5.86. The van der Waals surface area contributed by atoms with E-state index in [1.807, 2.05) is 29.2 Å². The number of rotatable bonds is 5. The first-order valence-corrected chi connectivity index (χ1v) is 9.54. The number of benzene rings is 1. The zero-order valence-corrected chi connectivity index (χ0v) is 15.1. The minimum Gasteiger partial charge on any atom is -0.339 e. The van der Waals surface area contributed by atoms with Crippen LogP contribution < -0.4 is 10.6 Å². The molecule has 136 valence electrons. The molecule has 1 aromatic rings. The van der Waals surface area contributed by atoms with Crippen molar-refractivity contribution in [3.05, 3.63) is 29.8 Å². The van der Waals surface area contributed by atoms with Crippen molar-refractivity contribution in [3.63, 3.8) is 0 Å². The molecular formula is C20H29N3O2. The van der Waals surface area contributed by atoms with Crippen LogP contribution in [-0.2, 0) is 4.79 Å². The number of amides is 2. The van der Waals surface area contributed by atoms with Gasteiger partial charge in [0.15, 0.2) is 0 Å². The zero-order chi connectivity index (χ0) is 17.6. The lowest BCUT2D eigenvalue weighted by Crippen LogP contribution is -2.34. The Balaban J connectivity index is 1.61. The monoisotopic (exact) mass is 343 g/mol. The van der Waals surface area contributed by atoms with Gasteiger partial charge in [0, 0.05) is 19.5 Å². The standard InChI is InChI=1S/C20H29N3O2/c1-15(16-7-6-10-21-14-16)13-19(24)22-18-9-3-2-8-17(18)20(25)23-11-4-5-12-23/h2-3,8-9,15-16,21H,4-7,10-14H2,1H3,(H,22,24). The van der Waals surface area contributed by atoms with E-state index in [2.05, 4.69) is 17.6 Å².